The van der Waals surface area contributed by atoms with Crippen molar-refractivity contribution in [2.45, 2.75) is 64.0 Å². The van der Waals surface area contributed by atoms with Crippen molar-refractivity contribution in [3.8, 4) is 0 Å². The molecule has 2 aliphatic rings. The van der Waals surface area contributed by atoms with Crippen molar-refractivity contribution in [3.63, 3.8) is 0 Å². The highest BCUT2D eigenvalue weighted by atomic mass is 16.5. The zero-order valence-corrected chi connectivity index (χ0v) is 15.4. The first kappa shape index (κ1) is 19.5. The lowest BCUT2D eigenvalue weighted by Crippen LogP contribution is -2.56. The molecule has 140 valence electrons. The van der Waals surface area contributed by atoms with Gasteiger partial charge in [0.1, 0.15) is 0 Å². The highest BCUT2D eigenvalue weighted by Crippen LogP contribution is 2.20. The van der Waals surface area contributed by atoms with Gasteiger partial charge in [0.05, 0.1) is 19.3 Å². The number of carbonyl (C=O) groups excluding carboxylic acids is 1. The Labute approximate surface area is 146 Å². The van der Waals surface area contributed by atoms with Crippen LogP contribution >= 0.6 is 0 Å². The molecule has 0 radical (unpaired) electrons. The van der Waals surface area contributed by atoms with E-state index in [0.29, 0.717) is 19.2 Å². The van der Waals surface area contributed by atoms with Crippen molar-refractivity contribution >= 4 is 6.03 Å². The maximum atomic E-state index is 11.9. The summed E-state index contributed by atoms with van der Waals surface area (Å²) in [7, 11) is 0. The summed E-state index contributed by atoms with van der Waals surface area (Å²) in [6.45, 7) is 9.77. The summed E-state index contributed by atoms with van der Waals surface area (Å²) in [5.74, 6) is 0. The van der Waals surface area contributed by atoms with Crippen LogP contribution in [0.25, 0.3) is 0 Å². The fourth-order valence-electron chi connectivity index (χ4n) is 3.40. The van der Waals surface area contributed by atoms with Gasteiger partial charge < -0.3 is 20.1 Å². The average molecular weight is 341 g/mol. The molecular weight excluding hydrogens is 306 g/mol. The minimum atomic E-state index is -0.0889. The molecule has 2 rings (SSSR count). The summed E-state index contributed by atoms with van der Waals surface area (Å²) in [6.07, 6.45) is 7.66. The molecule has 0 atom stereocenters. The van der Waals surface area contributed by atoms with Crippen LogP contribution in [-0.2, 0) is 9.47 Å². The largest absolute Gasteiger partial charge is 0.379 e. The van der Waals surface area contributed by atoms with Crippen LogP contribution in [0.3, 0.4) is 0 Å². The Morgan fingerprint density at radius 3 is 2.58 bits per heavy atom. The minimum Gasteiger partial charge on any atom is -0.379 e. The normalized spacial score (nSPS) is 20.8. The first-order chi connectivity index (χ1) is 11.6. The number of amides is 2. The predicted molar refractivity (Wildman–Crippen MR) is 95.3 cm³/mol. The molecule has 0 aromatic rings. The second-order valence-corrected chi connectivity index (χ2v) is 7.51. The van der Waals surface area contributed by atoms with Crippen LogP contribution < -0.4 is 10.6 Å². The summed E-state index contributed by atoms with van der Waals surface area (Å²) in [5, 5.41) is 5.91. The summed E-state index contributed by atoms with van der Waals surface area (Å²) in [4.78, 5) is 14.3. The second kappa shape index (κ2) is 10.2. The van der Waals surface area contributed by atoms with Crippen LogP contribution in [-0.4, -0.2) is 68.6 Å². The molecule has 6 nitrogen and oxygen atoms in total. The standard InChI is InChI=1S/C18H35N3O3/c1-18(2,21-10-13-23-14-11-21)15-20-17(22)19-9-6-12-24-16-7-4-3-5-8-16/h16H,3-15H2,1-2H3,(H2,19,20,22). The molecule has 0 spiro atoms. The van der Waals surface area contributed by atoms with Crippen LogP contribution in [0.5, 0.6) is 0 Å². The molecule has 1 saturated carbocycles. The van der Waals surface area contributed by atoms with E-state index in [4.69, 9.17) is 9.47 Å². The molecule has 0 aromatic heterocycles. The summed E-state index contributed by atoms with van der Waals surface area (Å²) >= 11 is 0. The highest BCUT2D eigenvalue weighted by Gasteiger charge is 2.28. The molecule has 1 heterocycles. The molecule has 24 heavy (non-hydrogen) atoms. The zero-order valence-electron chi connectivity index (χ0n) is 15.4. The Balaban J connectivity index is 1.51. The quantitative estimate of drug-likeness (QED) is 0.664. The maximum Gasteiger partial charge on any atom is 0.314 e. The van der Waals surface area contributed by atoms with Crippen molar-refractivity contribution in [2.24, 2.45) is 0 Å². The van der Waals surface area contributed by atoms with E-state index in [2.05, 4.69) is 29.4 Å². The van der Waals surface area contributed by atoms with E-state index in [9.17, 15) is 4.79 Å². The molecule has 0 bridgehead atoms. The van der Waals surface area contributed by atoms with Gasteiger partial charge in [0.2, 0.25) is 0 Å². The van der Waals surface area contributed by atoms with Gasteiger partial charge in [-0.3, -0.25) is 4.90 Å². The Morgan fingerprint density at radius 2 is 1.88 bits per heavy atom. The third kappa shape index (κ3) is 6.95. The molecule has 2 amide bonds. The van der Waals surface area contributed by atoms with Crippen molar-refractivity contribution in [1.82, 2.24) is 15.5 Å². The topological polar surface area (TPSA) is 62.8 Å². The number of nitrogens with one attached hydrogen (secondary N) is 2. The number of rotatable bonds is 8. The van der Waals surface area contributed by atoms with E-state index in [0.717, 1.165) is 39.3 Å². The first-order valence-corrected chi connectivity index (χ1v) is 9.54. The van der Waals surface area contributed by atoms with Crippen LogP contribution in [0.4, 0.5) is 4.79 Å². The number of urea groups is 1. The van der Waals surface area contributed by atoms with Crippen LogP contribution in [0.15, 0.2) is 0 Å². The monoisotopic (exact) mass is 341 g/mol. The van der Waals surface area contributed by atoms with Gasteiger partial charge in [-0.05, 0) is 33.1 Å². The van der Waals surface area contributed by atoms with E-state index >= 15 is 0 Å². The lowest BCUT2D eigenvalue weighted by molar-refractivity contribution is -0.00875. The van der Waals surface area contributed by atoms with Gasteiger partial charge in [-0.2, -0.15) is 0 Å². The lowest BCUT2D eigenvalue weighted by atomic mass is 9.98. The number of hydrogen-bond acceptors (Lipinski definition) is 4. The summed E-state index contributed by atoms with van der Waals surface area (Å²) in [5.41, 5.74) is -0.0504. The molecule has 2 fully saturated rings. The van der Waals surface area contributed by atoms with Crippen LogP contribution in [0.2, 0.25) is 0 Å². The third-order valence-corrected chi connectivity index (χ3v) is 5.06. The average Bonchev–Trinajstić information content (AvgIpc) is 2.61. The van der Waals surface area contributed by atoms with Gasteiger partial charge in [0, 0.05) is 38.3 Å². The number of nitrogens with zero attached hydrogens (tertiary/aromatic N) is 1. The fourth-order valence-corrected chi connectivity index (χ4v) is 3.40. The minimum absolute atomic E-state index is 0.0504. The smallest absolute Gasteiger partial charge is 0.314 e. The SMILES string of the molecule is CC(C)(CNC(=O)NCCCOC1CCCCC1)N1CCOCC1. The Morgan fingerprint density at radius 1 is 1.17 bits per heavy atom. The third-order valence-electron chi connectivity index (χ3n) is 5.06. The molecule has 1 aliphatic heterocycles. The lowest BCUT2D eigenvalue weighted by Gasteiger charge is -2.40. The van der Waals surface area contributed by atoms with E-state index in [-0.39, 0.29) is 11.6 Å². The maximum absolute atomic E-state index is 11.9. The second-order valence-electron chi connectivity index (χ2n) is 7.51. The zero-order chi connectivity index (χ0) is 17.3. The Bertz CT molecular complexity index is 365. The van der Waals surface area contributed by atoms with E-state index < -0.39 is 0 Å². The Kier molecular flexibility index (Phi) is 8.29. The van der Waals surface area contributed by atoms with Gasteiger partial charge in [-0.25, -0.2) is 4.79 Å². The van der Waals surface area contributed by atoms with Gasteiger partial charge >= 0.3 is 6.03 Å². The molecule has 6 heteroatoms. The molecule has 0 unspecified atom stereocenters. The van der Waals surface area contributed by atoms with Gasteiger partial charge in [-0.15, -0.1) is 0 Å². The summed E-state index contributed by atoms with van der Waals surface area (Å²) in [6, 6.07) is -0.0889. The molecular formula is C18H35N3O3. The van der Waals surface area contributed by atoms with Crippen LogP contribution in [0.1, 0.15) is 52.4 Å². The van der Waals surface area contributed by atoms with Crippen molar-refractivity contribution in [1.29, 1.82) is 0 Å². The van der Waals surface area contributed by atoms with E-state index in [1.165, 1.54) is 32.1 Å². The highest BCUT2D eigenvalue weighted by molar-refractivity contribution is 5.73. The number of morpholine rings is 1. The number of ether oxygens (including phenoxy) is 2. The molecule has 2 N–H and O–H groups in total. The van der Waals surface area contributed by atoms with Crippen molar-refractivity contribution < 1.29 is 14.3 Å². The molecule has 1 saturated heterocycles. The molecule has 0 aromatic carbocycles. The molecule has 1 aliphatic carbocycles. The van der Waals surface area contributed by atoms with Crippen LogP contribution in [0, 0.1) is 0 Å². The van der Waals surface area contributed by atoms with Crippen molar-refractivity contribution in [2.75, 3.05) is 46.0 Å². The van der Waals surface area contributed by atoms with Crippen molar-refractivity contribution in [3.05, 3.63) is 0 Å². The number of hydrogen-bond donors (Lipinski definition) is 2. The fraction of sp³-hybridized carbons (Fsp3) is 0.944. The van der Waals surface area contributed by atoms with E-state index in [1.54, 1.807) is 0 Å². The van der Waals surface area contributed by atoms with Gasteiger partial charge in [-0.1, -0.05) is 19.3 Å². The number of carbonyl (C=O) groups is 1. The predicted octanol–water partition coefficient (Wildman–Crippen LogP) is 2.14. The van der Waals surface area contributed by atoms with E-state index in [1.807, 2.05) is 0 Å². The Hall–Kier alpha value is -0.850. The first-order valence-electron chi connectivity index (χ1n) is 9.54. The van der Waals surface area contributed by atoms with Gasteiger partial charge in [0.25, 0.3) is 0 Å². The summed E-state index contributed by atoms with van der Waals surface area (Å²) < 4.78 is 11.3. The van der Waals surface area contributed by atoms with Gasteiger partial charge in [0.15, 0.2) is 0 Å².